The van der Waals surface area contributed by atoms with Crippen LogP contribution in [-0.4, -0.2) is 77.2 Å². The van der Waals surface area contributed by atoms with Gasteiger partial charge in [0, 0.05) is 32.7 Å². The maximum absolute atomic E-state index is 12.7. The fourth-order valence-electron chi connectivity index (χ4n) is 4.02. The average Bonchev–Trinajstić information content (AvgIpc) is 3.08. The first-order valence-corrected chi connectivity index (χ1v) is 9.77. The van der Waals surface area contributed by atoms with Gasteiger partial charge in [-0.2, -0.15) is 0 Å². The van der Waals surface area contributed by atoms with E-state index in [-0.39, 0.29) is 18.0 Å². The number of piperazine rings is 1. The number of rotatable bonds is 4. The van der Waals surface area contributed by atoms with Gasteiger partial charge >= 0.3 is 18.1 Å². The number of fused-ring (bicyclic) bond motifs is 1. The lowest BCUT2D eigenvalue weighted by molar-refractivity contribution is 0.0600. The van der Waals surface area contributed by atoms with Gasteiger partial charge in [0.05, 0.1) is 18.7 Å². The molecule has 3 amide bonds. The average molecular weight is 409 g/mol. The minimum atomic E-state index is -0.934. The van der Waals surface area contributed by atoms with Crippen molar-refractivity contribution in [3.05, 3.63) is 59.7 Å². The lowest BCUT2D eigenvalue weighted by Crippen LogP contribution is -2.53. The summed E-state index contributed by atoms with van der Waals surface area (Å²) in [7, 11) is 1.36. The lowest BCUT2D eigenvalue weighted by atomic mass is 10.0. The van der Waals surface area contributed by atoms with Gasteiger partial charge in [-0.05, 0) is 28.8 Å². The van der Waals surface area contributed by atoms with Crippen LogP contribution in [0.25, 0.3) is 11.1 Å². The minimum absolute atomic E-state index is 0.0347. The molecular formula is C22H23N3O5. The maximum atomic E-state index is 12.7. The van der Waals surface area contributed by atoms with E-state index in [0.717, 1.165) is 16.7 Å². The second kappa shape index (κ2) is 8.06. The zero-order valence-electron chi connectivity index (χ0n) is 16.7. The molecule has 2 saturated heterocycles. The number of carbonyl (C=O) groups is 3. The van der Waals surface area contributed by atoms with E-state index in [9.17, 15) is 19.5 Å². The predicted octanol–water partition coefficient (Wildman–Crippen LogP) is 2.74. The number of hydrogen-bond donors (Lipinski definition) is 1. The Morgan fingerprint density at radius 3 is 2.23 bits per heavy atom. The summed E-state index contributed by atoms with van der Waals surface area (Å²) in [6.45, 7) is 2.17. The molecule has 8 nitrogen and oxygen atoms in total. The van der Waals surface area contributed by atoms with Crippen molar-refractivity contribution in [2.75, 3.05) is 33.3 Å². The summed E-state index contributed by atoms with van der Waals surface area (Å²) >= 11 is 0. The molecule has 1 atom stereocenters. The molecule has 30 heavy (non-hydrogen) atoms. The molecule has 1 N–H and O–H groups in total. The Bertz CT molecular complexity index is 958. The Balaban J connectivity index is 1.41. The smallest absolute Gasteiger partial charge is 0.407 e. The number of carbonyl (C=O) groups excluding carboxylic acids is 2. The number of benzene rings is 2. The Hall–Kier alpha value is -3.55. The van der Waals surface area contributed by atoms with E-state index in [1.165, 1.54) is 12.0 Å². The van der Waals surface area contributed by atoms with Crippen LogP contribution in [0, 0.1) is 0 Å². The number of esters is 1. The minimum Gasteiger partial charge on any atom is -0.465 e. The monoisotopic (exact) mass is 409 g/mol. The first kappa shape index (κ1) is 19.8. The van der Waals surface area contributed by atoms with Crippen molar-refractivity contribution in [3.63, 3.8) is 0 Å². The standard InChI is InChI=1S/C22H23N3O5/c1-30-20(26)18-8-6-17(7-9-18)16-4-2-15(3-5-16)12-24-14-19-13-23(22(28)29)10-11-25(19)21(24)27/h2-9,19H,10-14H2,1H3,(H,28,29)/t19-/m0/s1. The third-order valence-corrected chi connectivity index (χ3v) is 5.67. The van der Waals surface area contributed by atoms with E-state index in [0.29, 0.717) is 38.3 Å². The Morgan fingerprint density at radius 2 is 1.63 bits per heavy atom. The number of carboxylic acid groups (broad SMARTS) is 1. The molecule has 2 aromatic rings. The third-order valence-electron chi connectivity index (χ3n) is 5.67. The van der Waals surface area contributed by atoms with Crippen molar-refractivity contribution < 1.29 is 24.2 Å². The van der Waals surface area contributed by atoms with E-state index < -0.39 is 6.09 Å². The Morgan fingerprint density at radius 1 is 1.00 bits per heavy atom. The van der Waals surface area contributed by atoms with Gasteiger partial charge in [-0.3, -0.25) is 0 Å². The fraction of sp³-hybridized carbons (Fsp3) is 0.318. The zero-order chi connectivity index (χ0) is 21.3. The zero-order valence-corrected chi connectivity index (χ0v) is 16.7. The van der Waals surface area contributed by atoms with Crippen LogP contribution in [0.4, 0.5) is 9.59 Å². The lowest BCUT2D eigenvalue weighted by Gasteiger charge is -2.34. The number of urea groups is 1. The number of ether oxygens (including phenoxy) is 1. The second-order valence-electron chi connectivity index (χ2n) is 7.50. The molecule has 2 aromatic carbocycles. The van der Waals surface area contributed by atoms with Crippen LogP contribution in [0.5, 0.6) is 0 Å². The van der Waals surface area contributed by atoms with Gasteiger partial charge in [0.15, 0.2) is 0 Å². The summed E-state index contributed by atoms with van der Waals surface area (Å²) in [5, 5.41) is 9.19. The molecule has 2 heterocycles. The molecule has 0 aliphatic carbocycles. The molecule has 0 bridgehead atoms. The Kier molecular flexibility index (Phi) is 5.31. The molecule has 0 unspecified atom stereocenters. The van der Waals surface area contributed by atoms with Gasteiger partial charge in [-0.1, -0.05) is 36.4 Å². The van der Waals surface area contributed by atoms with Crippen molar-refractivity contribution in [3.8, 4) is 11.1 Å². The van der Waals surface area contributed by atoms with Crippen LogP contribution in [0.2, 0.25) is 0 Å². The molecule has 156 valence electrons. The number of nitrogens with zero attached hydrogens (tertiary/aromatic N) is 3. The molecule has 8 heteroatoms. The molecule has 2 fully saturated rings. The molecule has 2 aliphatic rings. The molecular weight excluding hydrogens is 386 g/mol. The molecule has 0 radical (unpaired) electrons. The Labute approximate surface area is 174 Å². The topological polar surface area (TPSA) is 90.4 Å². The van der Waals surface area contributed by atoms with Crippen LogP contribution in [0.3, 0.4) is 0 Å². The summed E-state index contributed by atoms with van der Waals surface area (Å²) < 4.78 is 4.72. The van der Waals surface area contributed by atoms with Crippen molar-refractivity contribution in [2.24, 2.45) is 0 Å². The van der Waals surface area contributed by atoms with Crippen molar-refractivity contribution in [1.82, 2.24) is 14.7 Å². The van der Waals surface area contributed by atoms with E-state index in [1.54, 1.807) is 21.9 Å². The van der Waals surface area contributed by atoms with Crippen molar-refractivity contribution in [1.29, 1.82) is 0 Å². The van der Waals surface area contributed by atoms with Crippen LogP contribution in [-0.2, 0) is 11.3 Å². The second-order valence-corrected chi connectivity index (χ2v) is 7.50. The van der Waals surface area contributed by atoms with Crippen LogP contribution in [0.15, 0.2) is 48.5 Å². The van der Waals surface area contributed by atoms with Gasteiger partial charge in [0.25, 0.3) is 0 Å². The van der Waals surface area contributed by atoms with Gasteiger partial charge in [-0.25, -0.2) is 14.4 Å². The van der Waals surface area contributed by atoms with Crippen LogP contribution in [0.1, 0.15) is 15.9 Å². The van der Waals surface area contributed by atoms with Gasteiger partial charge in [0.2, 0.25) is 0 Å². The summed E-state index contributed by atoms with van der Waals surface area (Å²) in [6, 6.07) is 15.0. The molecule has 2 aliphatic heterocycles. The number of methoxy groups -OCH3 is 1. The van der Waals surface area contributed by atoms with E-state index >= 15 is 0 Å². The molecule has 4 rings (SSSR count). The molecule has 0 saturated carbocycles. The SMILES string of the molecule is COC(=O)c1ccc(-c2ccc(CN3C[C@@H]4CN(C(=O)O)CCN4C3=O)cc2)cc1. The first-order valence-electron chi connectivity index (χ1n) is 9.77. The number of amides is 3. The number of hydrogen-bond acceptors (Lipinski definition) is 4. The maximum Gasteiger partial charge on any atom is 0.407 e. The highest BCUT2D eigenvalue weighted by Gasteiger charge is 2.41. The first-order chi connectivity index (χ1) is 14.5. The van der Waals surface area contributed by atoms with Gasteiger partial charge < -0.3 is 24.5 Å². The highest BCUT2D eigenvalue weighted by molar-refractivity contribution is 5.90. The van der Waals surface area contributed by atoms with Crippen molar-refractivity contribution in [2.45, 2.75) is 12.6 Å². The summed E-state index contributed by atoms with van der Waals surface area (Å²) in [5.41, 5.74) is 3.51. The highest BCUT2D eigenvalue weighted by Crippen LogP contribution is 2.25. The van der Waals surface area contributed by atoms with Gasteiger partial charge in [-0.15, -0.1) is 0 Å². The quantitative estimate of drug-likeness (QED) is 0.785. The van der Waals surface area contributed by atoms with E-state index in [1.807, 2.05) is 36.4 Å². The summed E-state index contributed by atoms with van der Waals surface area (Å²) in [5.74, 6) is -0.366. The summed E-state index contributed by atoms with van der Waals surface area (Å²) in [4.78, 5) is 40.3. The largest absolute Gasteiger partial charge is 0.465 e. The van der Waals surface area contributed by atoms with E-state index in [4.69, 9.17) is 4.74 Å². The molecule has 0 spiro atoms. The highest BCUT2D eigenvalue weighted by atomic mass is 16.5. The summed E-state index contributed by atoms with van der Waals surface area (Å²) in [6.07, 6.45) is -0.934. The fourth-order valence-corrected chi connectivity index (χ4v) is 4.02. The van der Waals surface area contributed by atoms with Crippen LogP contribution < -0.4 is 0 Å². The molecule has 0 aromatic heterocycles. The normalized spacial score (nSPS) is 18.4. The van der Waals surface area contributed by atoms with Crippen LogP contribution >= 0.6 is 0 Å². The van der Waals surface area contributed by atoms with E-state index in [2.05, 4.69) is 0 Å². The van der Waals surface area contributed by atoms with Gasteiger partial charge in [0.1, 0.15) is 0 Å². The predicted molar refractivity (Wildman–Crippen MR) is 109 cm³/mol. The third kappa shape index (κ3) is 3.80. The van der Waals surface area contributed by atoms with Crippen molar-refractivity contribution >= 4 is 18.1 Å².